The van der Waals surface area contributed by atoms with Gasteiger partial charge in [-0.05, 0) is 30.3 Å². The number of rotatable bonds is 3. The molecule has 0 saturated carbocycles. The van der Waals surface area contributed by atoms with E-state index in [0.717, 1.165) is 0 Å². The summed E-state index contributed by atoms with van der Waals surface area (Å²) in [6, 6.07) is 5.42. The average Bonchev–Trinajstić information content (AvgIpc) is 2.50. The van der Waals surface area contributed by atoms with E-state index >= 15 is 0 Å². The van der Waals surface area contributed by atoms with Gasteiger partial charge in [-0.2, -0.15) is 13.2 Å². The maximum absolute atomic E-state index is 12.7. The van der Waals surface area contributed by atoms with Gasteiger partial charge in [-0.1, -0.05) is 34.8 Å². The van der Waals surface area contributed by atoms with E-state index in [1.165, 1.54) is 25.3 Å². The summed E-state index contributed by atoms with van der Waals surface area (Å²) in [7, 11) is 1.18. The molecule has 2 rings (SSSR count). The lowest BCUT2D eigenvalue weighted by atomic mass is 10.2. The van der Waals surface area contributed by atoms with Crippen molar-refractivity contribution in [2.24, 2.45) is 0 Å². The van der Waals surface area contributed by atoms with Gasteiger partial charge in [-0.15, -0.1) is 0 Å². The summed E-state index contributed by atoms with van der Waals surface area (Å²) >= 11 is 17.5. The molecule has 0 bridgehead atoms. The molecule has 2 aromatic carbocycles. The second kappa shape index (κ2) is 7.09. The Balaban J connectivity index is 2.40. The first-order valence-corrected chi connectivity index (χ1v) is 7.39. The van der Waals surface area contributed by atoms with Gasteiger partial charge < -0.3 is 9.47 Å². The smallest absolute Gasteiger partial charge is 0.416 e. The zero-order chi connectivity index (χ0) is 18.1. The molecule has 0 aliphatic carbocycles. The van der Waals surface area contributed by atoms with Gasteiger partial charge >= 0.3 is 12.1 Å². The molecule has 0 fully saturated rings. The van der Waals surface area contributed by atoms with Crippen LogP contribution >= 0.6 is 34.8 Å². The van der Waals surface area contributed by atoms with E-state index in [9.17, 15) is 18.0 Å². The molecule has 0 radical (unpaired) electrons. The minimum Gasteiger partial charge on any atom is -0.465 e. The van der Waals surface area contributed by atoms with Gasteiger partial charge in [-0.3, -0.25) is 0 Å². The molecule has 0 amide bonds. The van der Waals surface area contributed by atoms with Crippen LogP contribution in [0.2, 0.25) is 15.1 Å². The van der Waals surface area contributed by atoms with Crippen molar-refractivity contribution in [3.05, 3.63) is 56.5 Å². The van der Waals surface area contributed by atoms with E-state index in [0.29, 0.717) is 12.1 Å². The Morgan fingerprint density at radius 3 is 2.08 bits per heavy atom. The predicted octanol–water partition coefficient (Wildman–Crippen LogP) is 6.24. The van der Waals surface area contributed by atoms with E-state index in [4.69, 9.17) is 39.5 Å². The number of benzene rings is 2. The largest absolute Gasteiger partial charge is 0.465 e. The lowest BCUT2D eigenvalue weighted by Crippen LogP contribution is -2.05. The van der Waals surface area contributed by atoms with Gasteiger partial charge in [0.25, 0.3) is 0 Å². The minimum absolute atomic E-state index is 0.0239. The highest BCUT2D eigenvalue weighted by atomic mass is 35.5. The zero-order valence-electron chi connectivity index (χ0n) is 11.9. The normalized spacial score (nSPS) is 11.3. The quantitative estimate of drug-likeness (QED) is 0.573. The van der Waals surface area contributed by atoms with Crippen molar-refractivity contribution in [1.82, 2.24) is 0 Å². The summed E-state index contributed by atoms with van der Waals surface area (Å²) in [5.41, 5.74) is -0.980. The first-order valence-electron chi connectivity index (χ1n) is 6.25. The van der Waals surface area contributed by atoms with Gasteiger partial charge in [0.15, 0.2) is 5.75 Å². The fraction of sp³-hybridized carbons (Fsp3) is 0.133. The van der Waals surface area contributed by atoms with Crippen LogP contribution < -0.4 is 4.74 Å². The van der Waals surface area contributed by atoms with Crippen molar-refractivity contribution in [2.75, 3.05) is 7.11 Å². The van der Waals surface area contributed by atoms with E-state index in [2.05, 4.69) is 4.74 Å². The number of halogens is 6. The Bertz CT molecular complexity index is 768. The topological polar surface area (TPSA) is 35.5 Å². The van der Waals surface area contributed by atoms with Gasteiger partial charge in [-0.25, -0.2) is 4.79 Å². The second-order valence-corrected chi connectivity index (χ2v) is 5.72. The zero-order valence-corrected chi connectivity index (χ0v) is 14.1. The summed E-state index contributed by atoms with van der Waals surface area (Å²) in [5.74, 6) is -0.775. The number of hydrogen-bond donors (Lipinski definition) is 0. The molecule has 0 atom stereocenters. The van der Waals surface area contributed by atoms with Crippen molar-refractivity contribution in [2.45, 2.75) is 6.18 Å². The number of esters is 1. The summed E-state index contributed by atoms with van der Waals surface area (Å²) in [4.78, 5) is 11.6. The van der Waals surface area contributed by atoms with E-state index < -0.39 is 17.7 Å². The highest BCUT2D eigenvalue weighted by Crippen LogP contribution is 2.42. The number of alkyl halides is 3. The van der Waals surface area contributed by atoms with Crippen LogP contribution in [0, 0.1) is 0 Å². The molecule has 0 saturated heterocycles. The third-order valence-electron chi connectivity index (χ3n) is 2.89. The number of ether oxygens (including phenoxy) is 2. The highest BCUT2D eigenvalue weighted by Gasteiger charge is 2.32. The molecular weight excluding hydrogens is 392 g/mol. The van der Waals surface area contributed by atoms with Crippen LogP contribution in [0.3, 0.4) is 0 Å². The number of methoxy groups -OCH3 is 1. The Morgan fingerprint density at radius 1 is 1.00 bits per heavy atom. The van der Waals surface area contributed by atoms with E-state index in [1.807, 2.05) is 0 Å². The fourth-order valence-electron chi connectivity index (χ4n) is 1.77. The molecule has 0 aliphatic heterocycles. The Hall–Kier alpha value is -1.63. The average molecular weight is 400 g/mol. The maximum atomic E-state index is 12.7. The van der Waals surface area contributed by atoms with Crippen molar-refractivity contribution in [3.8, 4) is 11.5 Å². The van der Waals surface area contributed by atoms with Gasteiger partial charge in [0.2, 0.25) is 0 Å². The third-order valence-corrected chi connectivity index (χ3v) is 3.78. The fourth-order valence-corrected chi connectivity index (χ4v) is 2.53. The monoisotopic (exact) mass is 398 g/mol. The van der Waals surface area contributed by atoms with Crippen LogP contribution in [0.4, 0.5) is 13.2 Å². The number of carbonyl (C=O) groups excluding carboxylic acids is 1. The predicted molar refractivity (Wildman–Crippen MR) is 84.3 cm³/mol. The molecule has 128 valence electrons. The Kier molecular flexibility index (Phi) is 5.52. The molecular formula is C15H8Cl3F3O3. The molecule has 0 aromatic heterocycles. The Morgan fingerprint density at radius 2 is 1.58 bits per heavy atom. The summed E-state index contributed by atoms with van der Waals surface area (Å²) in [6.07, 6.45) is -4.59. The van der Waals surface area contributed by atoms with Crippen LogP contribution in [0.1, 0.15) is 15.9 Å². The maximum Gasteiger partial charge on any atom is 0.416 e. The van der Waals surface area contributed by atoms with Gasteiger partial charge in [0.05, 0.1) is 33.3 Å². The summed E-state index contributed by atoms with van der Waals surface area (Å²) < 4.78 is 48.1. The van der Waals surface area contributed by atoms with E-state index in [1.54, 1.807) is 0 Å². The standard InChI is InChI=1S/C15H8Cl3F3O3/c1-23-14(22)9-6-8(2-3-10(9)16)24-13-11(17)4-7(5-12(13)18)15(19,20)21/h2-6H,1H3. The molecule has 24 heavy (non-hydrogen) atoms. The molecule has 0 heterocycles. The molecule has 9 heteroatoms. The lowest BCUT2D eigenvalue weighted by molar-refractivity contribution is -0.137. The summed E-state index contributed by atoms with van der Waals surface area (Å²) in [6.45, 7) is 0. The first kappa shape index (κ1) is 18.7. The van der Waals surface area contributed by atoms with E-state index in [-0.39, 0.29) is 32.1 Å². The minimum atomic E-state index is -4.59. The van der Waals surface area contributed by atoms with Crippen LogP contribution in [-0.4, -0.2) is 13.1 Å². The second-order valence-electron chi connectivity index (χ2n) is 4.50. The third kappa shape index (κ3) is 4.06. The number of carbonyl (C=O) groups is 1. The highest BCUT2D eigenvalue weighted by molar-refractivity contribution is 6.37. The van der Waals surface area contributed by atoms with Gasteiger partial charge in [0, 0.05) is 0 Å². The SMILES string of the molecule is COC(=O)c1cc(Oc2c(Cl)cc(C(F)(F)F)cc2Cl)ccc1Cl. The Labute approximate surface area is 149 Å². The van der Waals surface area contributed by atoms with Crippen molar-refractivity contribution >= 4 is 40.8 Å². The van der Waals surface area contributed by atoms with Crippen LogP contribution in [0.15, 0.2) is 30.3 Å². The molecule has 0 aliphatic rings. The molecule has 2 aromatic rings. The van der Waals surface area contributed by atoms with Crippen molar-refractivity contribution in [3.63, 3.8) is 0 Å². The summed E-state index contributed by atoms with van der Waals surface area (Å²) in [5, 5.41) is -0.535. The van der Waals surface area contributed by atoms with Crippen molar-refractivity contribution in [1.29, 1.82) is 0 Å². The first-order chi connectivity index (χ1) is 11.1. The lowest BCUT2D eigenvalue weighted by Gasteiger charge is -2.14. The molecule has 3 nitrogen and oxygen atoms in total. The van der Waals surface area contributed by atoms with Gasteiger partial charge in [0.1, 0.15) is 5.75 Å². The molecule has 0 N–H and O–H groups in total. The number of hydrogen-bond acceptors (Lipinski definition) is 3. The van der Waals surface area contributed by atoms with Crippen molar-refractivity contribution < 1.29 is 27.4 Å². The molecule has 0 spiro atoms. The van der Waals surface area contributed by atoms with Crippen LogP contribution in [-0.2, 0) is 10.9 Å². The molecule has 0 unspecified atom stereocenters. The van der Waals surface area contributed by atoms with Crippen LogP contribution in [0.5, 0.6) is 11.5 Å². The van der Waals surface area contributed by atoms with Crippen LogP contribution in [0.25, 0.3) is 0 Å².